The summed E-state index contributed by atoms with van der Waals surface area (Å²) in [5.74, 6) is 1.25. The highest BCUT2D eigenvalue weighted by molar-refractivity contribution is 5.94. The zero-order valence-electron chi connectivity index (χ0n) is 22.6. The Morgan fingerprint density at radius 3 is 2.52 bits per heavy atom. The number of hydrogen-bond donors (Lipinski definition) is 2. The van der Waals surface area contributed by atoms with Gasteiger partial charge in [0.25, 0.3) is 5.91 Å². The highest BCUT2D eigenvalue weighted by Crippen LogP contribution is 2.20. The second-order valence-electron chi connectivity index (χ2n) is 9.45. The van der Waals surface area contributed by atoms with Crippen molar-refractivity contribution in [3.8, 4) is 5.75 Å². The van der Waals surface area contributed by atoms with Crippen LogP contribution in [0, 0.1) is 0 Å². The third-order valence-electron chi connectivity index (χ3n) is 6.88. The minimum atomic E-state index is -0.0950. The summed E-state index contributed by atoms with van der Waals surface area (Å²) in [6.45, 7) is 13.3. The molecule has 0 spiro atoms. The number of tetrazole rings is 1. The standard InChI is InChI=1S/C29H33N9O2/c1-4-6-26-21(2)31-27(28-33-34-35-38(26)28)32-23-9-7-22(8-10-23)29(39)30-15-5-16-36-17-19-37(20-18-36)24-11-13-25(40-3)14-12-24/h4,6-14H,1-2,5,15-20H2,3H3,(H,30,39)(H,31,32)/b26-6+. The van der Waals surface area contributed by atoms with Gasteiger partial charge in [-0.25, -0.2) is 4.98 Å². The largest absolute Gasteiger partial charge is 0.497 e. The van der Waals surface area contributed by atoms with Crippen LogP contribution >= 0.6 is 0 Å². The van der Waals surface area contributed by atoms with E-state index in [-0.39, 0.29) is 5.91 Å². The lowest BCUT2D eigenvalue weighted by Crippen LogP contribution is -2.47. The van der Waals surface area contributed by atoms with Gasteiger partial charge in [0.2, 0.25) is 5.65 Å². The van der Waals surface area contributed by atoms with Gasteiger partial charge in [-0.3, -0.25) is 9.69 Å². The number of fused-ring (bicyclic) bond motifs is 1. The van der Waals surface area contributed by atoms with E-state index in [1.807, 2.05) is 24.3 Å². The molecular weight excluding hydrogens is 506 g/mol. The normalized spacial score (nSPS) is 14.3. The van der Waals surface area contributed by atoms with E-state index in [9.17, 15) is 4.79 Å². The van der Waals surface area contributed by atoms with Crippen molar-refractivity contribution < 1.29 is 9.53 Å². The van der Waals surface area contributed by atoms with Crippen LogP contribution in [0.15, 0.2) is 61.2 Å². The Labute approximate surface area is 232 Å². The molecule has 1 aliphatic heterocycles. The first-order valence-electron chi connectivity index (χ1n) is 13.2. The van der Waals surface area contributed by atoms with Crippen molar-refractivity contribution in [3.63, 3.8) is 0 Å². The van der Waals surface area contributed by atoms with Gasteiger partial charge in [-0.1, -0.05) is 19.2 Å². The van der Waals surface area contributed by atoms with Crippen LogP contribution < -0.4 is 31.0 Å². The molecule has 4 aromatic rings. The molecule has 0 unspecified atom stereocenters. The van der Waals surface area contributed by atoms with Crippen molar-refractivity contribution in [2.24, 2.45) is 0 Å². The molecule has 0 atom stereocenters. The fourth-order valence-corrected chi connectivity index (χ4v) is 4.69. The van der Waals surface area contributed by atoms with E-state index in [0.29, 0.717) is 34.3 Å². The van der Waals surface area contributed by atoms with Crippen molar-refractivity contribution in [3.05, 3.63) is 77.4 Å². The highest BCUT2D eigenvalue weighted by Gasteiger charge is 2.17. The van der Waals surface area contributed by atoms with Gasteiger partial charge in [-0.15, -0.1) is 5.10 Å². The SMILES string of the molecule is C=C/C=c1\c(=C)nc(Nc2ccc(C(=O)NCCCN3CCN(c4ccc(OC)cc4)CC3)cc2)c2nnnn12. The molecule has 1 amide bonds. The summed E-state index contributed by atoms with van der Waals surface area (Å²) in [4.78, 5) is 22.0. The van der Waals surface area contributed by atoms with Crippen molar-refractivity contribution in [2.45, 2.75) is 6.42 Å². The van der Waals surface area contributed by atoms with Gasteiger partial charge in [0.15, 0.2) is 5.82 Å². The van der Waals surface area contributed by atoms with Crippen molar-refractivity contribution >= 4 is 41.4 Å². The molecule has 0 bridgehead atoms. The zero-order valence-corrected chi connectivity index (χ0v) is 22.6. The molecule has 1 aliphatic rings. The Kier molecular flexibility index (Phi) is 8.31. The van der Waals surface area contributed by atoms with E-state index < -0.39 is 0 Å². The molecule has 1 fully saturated rings. The molecule has 40 heavy (non-hydrogen) atoms. The number of aromatic nitrogens is 5. The van der Waals surface area contributed by atoms with E-state index in [0.717, 1.165) is 50.6 Å². The van der Waals surface area contributed by atoms with Gasteiger partial charge in [0.05, 0.1) is 17.8 Å². The minimum Gasteiger partial charge on any atom is -0.497 e. The molecule has 206 valence electrons. The lowest BCUT2D eigenvalue weighted by atomic mass is 10.2. The van der Waals surface area contributed by atoms with Crippen LogP contribution in [0.1, 0.15) is 16.8 Å². The topological polar surface area (TPSA) is 113 Å². The summed E-state index contributed by atoms with van der Waals surface area (Å²) in [6.07, 6.45) is 4.28. The number of anilines is 3. The number of methoxy groups -OCH3 is 1. The second-order valence-corrected chi connectivity index (χ2v) is 9.45. The Morgan fingerprint density at radius 2 is 1.82 bits per heavy atom. The first kappa shape index (κ1) is 26.8. The summed E-state index contributed by atoms with van der Waals surface area (Å²) >= 11 is 0. The van der Waals surface area contributed by atoms with Crippen LogP contribution in [0.2, 0.25) is 0 Å². The lowest BCUT2D eigenvalue weighted by molar-refractivity contribution is 0.0951. The number of carbonyl (C=O) groups excluding carboxylic acids is 1. The van der Waals surface area contributed by atoms with Crippen LogP contribution in [0.5, 0.6) is 5.75 Å². The fraction of sp³-hybridized carbons (Fsp3) is 0.276. The predicted octanol–water partition coefficient (Wildman–Crippen LogP) is 1.59. The van der Waals surface area contributed by atoms with E-state index in [1.165, 1.54) is 5.69 Å². The Morgan fingerprint density at radius 1 is 1.07 bits per heavy atom. The Bertz CT molecular complexity index is 1580. The van der Waals surface area contributed by atoms with E-state index in [2.05, 4.69) is 66.2 Å². The number of benzene rings is 2. The molecular formula is C29H33N9O2. The molecule has 11 nitrogen and oxygen atoms in total. The van der Waals surface area contributed by atoms with Gasteiger partial charge >= 0.3 is 0 Å². The van der Waals surface area contributed by atoms with Gasteiger partial charge in [0, 0.05) is 49.7 Å². The highest BCUT2D eigenvalue weighted by atomic mass is 16.5. The van der Waals surface area contributed by atoms with Crippen LogP contribution in [-0.4, -0.2) is 82.2 Å². The molecule has 0 aliphatic carbocycles. The summed E-state index contributed by atoms with van der Waals surface area (Å²) in [6, 6.07) is 15.4. The lowest BCUT2D eigenvalue weighted by Gasteiger charge is -2.36. The molecule has 2 N–H and O–H groups in total. The number of allylic oxidation sites excluding steroid dienone is 1. The first-order chi connectivity index (χ1) is 19.6. The summed E-state index contributed by atoms with van der Waals surface area (Å²) in [7, 11) is 1.68. The maximum atomic E-state index is 12.7. The van der Waals surface area contributed by atoms with E-state index >= 15 is 0 Å². The third kappa shape index (κ3) is 6.10. The molecule has 11 heteroatoms. The third-order valence-corrected chi connectivity index (χ3v) is 6.88. The molecule has 0 saturated carbocycles. The number of amides is 1. The maximum absolute atomic E-state index is 12.7. The van der Waals surface area contributed by atoms with E-state index in [4.69, 9.17) is 4.74 Å². The zero-order chi connectivity index (χ0) is 27.9. The average Bonchev–Trinajstić information content (AvgIpc) is 3.48. The van der Waals surface area contributed by atoms with Crippen LogP contribution in [0.25, 0.3) is 18.3 Å². The number of carbonyl (C=O) groups is 1. The Hall–Kier alpha value is -4.77. The number of hydrogen-bond acceptors (Lipinski definition) is 9. The van der Waals surface area contributed by atoms with Gasteiger partial charge in [-0.05, 0) is 78.0 Å². The average molecular weight is 540 g/mol. The minimum absolute atomic E-state index is 0.0950. The van der Waals surface area contributed by atoms with Gasteiger partial charge in [0.1, 0.15) is 5.75 Å². The predicted molar refractivity (Wildman–Crippen MR) is 156 cm³/mol. The van der Waals surface area contributed by atoms with Gasteiger partial charge < -0.3 is 20.3 Å². The van der Waals surface area contributed by atoms with Crippen LogP contribution in [0.4, 0.5) is 17.2 Å². The molecule has 5 rings (SSSR count). The Balaban J connectivity index is 1.08. The van der Waals surface area contributed by atoms with Crippen LogP contribution in [0.3, 0.4) is 0 Å². The summed E-state index contributed by atoms with van der Waals surface area (Å²) in [5, 5.41) is 19.2. The summed E-state index contributed by atoms with van der Waals surface area (Å²) in [5.41, 5.74) is 3.03. The number of ether oxygens (including phenoxy) is 1. The quantitative estimate of drug-likeness (QED) is 0.290. The smallest absolute Gasteiger partial charge is 0.251 e. The van der Waals surface area contributed by atoms with Crippen molar-refractivity contribution in [1.29, 1.82) is 0 Å². The first-order valence-corrected chi connectivity index (χ1v) is 13.2. The molecule has 3 heterocycles. The molecule has 1 saturated heterocycles. The number of rotatable bonds is 10. The number of nitrogens with one attached hydrogen (secondary N) is 2. The van der Waals surface area contributed by atoms with Crippen molar-refractivity contribution in [2.75, 3.05) is 56.6 Å². The van der Waals surface area contributed by atoms with Gasteiger partial charge in [-0.2, -0.15) is 4.52 Å². The number of piperazine rings is 1. The molecule has 0 radical (unpaired) electrons. The second kappa shape index (κ2) is 12.4. The maximum Gasteiger partial charge on any atom is 0.251 e. The molecule has 2 aromatic heterocycles. The monoisotopic (exact) mass is 539 g/mol. The van der Waals surface area contributed by atoms with Crippen LogP contribution in [-0.2, 0) is 0 Å². The summed E-state index contributed by atoms with van der Waals surface area (Å²) < 4.78 is 6.81. The number of nitrogens with zero attached hydrogens (tertiary/aromatic N) is 7. The fourth-order valence-electron chi connectivity index (χ4n) is 4.69. The van der Waals surface area contributed by atoms with E-state index in [1.54, 1.807) is 35.9 Å². The molecule has 2 aromatic carbocycles. The van der Waals surface area contributed by atoms with Crippen molar-refractivity contribution in [1.82, 2.24) is 35.2 Å².